The van der Waals surface area contributed by atoms with Crippen LogP contribution in [0.5, 0.6) is 5.75 Å². The zero-order valence-electron chi connectivity index (χ0n) is 25.0. The highest BCUT2D eigenvalue weighted by Gasteiger charge is 2.18. The second-order valence-corrected chi connectivity index (χ2v) is 10.6. The Bertz CT molecular complexity index is 1310. The van der Waals surface area contributed by atoms with E-state index in [2.05, 4.69) is 25.9 Å². The third-order valence-corrected chi connectivity index (χ3v) is 5.82. The van der Waals surface area contributed by atoms with E-state index in [0.717, 1.165) is 30.3 Å². The molecule has 1 unspecified atom stereocenters. The van der Waals surface area contributed by atoms with Crippen LogP contribution in [0.1, 0.15) is 52.5 Å². The third-order valence-electron chi connectivity index (χ3n) is 5.82. The minimum absolute atomic E-state index is 0.0346. The first-order valence-electron chi connectivity index (χ1n) is 14.1. The molecule has 1 aromatic heterocycles. The van der Waals surface area contributed by atoms with Crippen molar-refractivity contribution in [1.82, 2.24) is 15.3 Å². The van der Waals surface area contributed by atoms with E-state index in [9.17, 15) is 20.0 Å². The molecule has 0 amide bonds. The number of ether oxygens (including phenoxy) is 3. The van der Waals surface area contributed by atoms with E-state index in [-0.39, 0.29) is 29.8 Å². The molecule has 232 valence electrons. The number of hydrogen-bond donors (Lipinski definition) is 4. The Hall–Kier alpha value is -4.33. The molecule has 0 radical (unpaired) electrons. The van der Waals surface area contributed by atoms with Gasteiger partial charge in [-0.2, -0.15) is 4.98 Å². The average molecular weight is 597 g/mol. The molecule has 0 bridgehead atoms. The molecule has 13 nitrogen and oxygen atoms in total. The Labute approximate surface area is 251 Å². The first-order chi connectivity index (χ1) is 20.5. The van der Waals surface area contributed by atoms with Gasteiger partial charge in [-0.25, -0.2) is 4.98 Å². The predicted molar refractivity (Wildman–Crippen MR) is 163 cm³/mol. The van der Waals surface area contributed by atoms with E-state index in [1.165, 1.54) is 0 Å². The van der Waals surface area contributed by atoms with E-state index < -0.39 is 16.9 Å². The maximum atomic E-state index is 11.6. The van der Waals surface area contributed by atoms with E-state index in [1.807, 2.05) is 45.0 Å². The molecule has 0 aliphatic rings. The maximum absolute atomic E-state index is 11.6. The number of nitro groups is 1. The fourth-order valence-corrected chi connectivity index (χ4v) is 3.85. The zero-order chi connectivity index (χ0) is 31.2. The summed E-state index contributed by atoms with van der Waals surface area (Å²) >= 11 is 0. The monoisotopic (exact) mass is 596 g/mol. The second kappa shape index (κ2) is 16.3. The van der Waals surface area contributed by atoms with Crippen LogP contribution >= 0.6 is 0 Å². The number of carbonyl (C=O) groups excluding carboxylic acids is 1. The molecule has 2 aromatic carbocycles. The van der Waals surface area contributed by atoms with Gasteiger partial charge in [0.05, 0.1) is 23.7 Å². The SMILES string of the molecule is CCOC(=O)CCCOc1ccc(Nc2nc(Nc3ccc(CCCNC(O)OC(C)(C)C)cc3)ncc2[N+](=O)[O-])cc1. The quantitative estimate of drug-likeness (QED) is 0.0528. The summed E-state index contributed by atoms with van der Waals surface area (Å²) in [6, 6.07) is 14.6. The number of aliphatic hydroxyl groups excluding tert-OH is 1. The van der Waals surface area contributed by atoms with Gasteiger partial charge in [0.1, 0.15) is 11.9 Å². The standard InChI is InChI=1S/C30H40N6O7/c1-5-41-26(37)9-7-19-42-24-16-14-22(15-17-24)33-27-25(36(39)40)20-32-28(35-27)34-23-12-10-21(11-13-23)8-6-18-31-29(38)43-30(2,3)4/h10-17,20,29,31,38H,5-9,18-19H2,1-4H3,(H2,32,33,34,35). The lowest BCUT2D eigenvalue weighted by molar-refractivity contribution is -0.384. The molecular weight excluding hydrogens is 556 g/mol. The smallest absolute Gasteiger partial charge is 0.329 e. The molecule has 4 N–H and O–H groups in total. The van der Waals surface area contributed by atoms with Crippen LogP contribution in [-0.4, -0.2) is 57.7 Å². The lowest BCUT2D eigenvalue weighted by atomic mass is 10.1. The van der Waals surface area contributed by atoms with Crippen LogP contribution in [0.15, 0.2) is 54.7 Å². The molecule has 0 fully saturated rings. The number of carbonyl (C=O) groups is 1. The van der Waals surface area contributed by atoms with Crippen LogP contribution in [0, 0.1) is 10.1 Å². The van der Waals surface area contributed by atoms with Gasteiger partial charge < -0.3 is 30.0 Å². The molecule has 0 saturated heterocycles. The van der Waals surface area contributed by atoms with Gasteiger partial charge in [-0.3, -0.25) is 20.2 Å². The Morgan fingerprint density at radius 1 is 1.05 bits per heavy atom. The topological polar surface area (TPSA) is 170 Å². The number of aliphatic hydroxyl groups is 1. The summed E-state index contributed by atoms with van der Waals surface area (Å²) in [5, 5.41) is 30.5. The normalized spacial score (nSPS) is 11.9. The number of nitrogens with one attached hydrogen (secondary N) is 3. The number of rotatable bonds is 17. The molecule has 0 aliphatic heterocycles. The van der Waals surface area contributed by atoms with Crippen LogP contribution in [0.3, 0.4) is 0 Å². The lowest BCUT2D eigenvalue weighted by Crippen LogP contribution is -2.38. The van der Waals surface area contributed by atoms with Gasteiger partial charge >= 0.3 is 11.7 Å². The summed E-state index contributed by atoms with van der Waals surface area (Å²) in [6.07, 6.45) is 2.55. The number of benzene rings is 2. The van der Waals surface area contributed by atoms with Crippen molar-refractivity contribution in [2.75, 3.05) is 30.4 Å². The van der Waals surface area contributed by atoms with E-state index in [1.54, 1.807) is 31.2 Å². The van der Waals surface area contributed by atoms with Gasteiger partial charge in [0.2, 0.25) is 18.2 Å². The van der Waals surface area contributed by atoms with Crippen molar-refractivity contribution in [3.05, 3.63) is 70.4 Å². The Kier molecular flexibility index (Phi) is 12.6. The first-order valence-corrected chi connectivity index (χ1v) is 14.1. The van der Waals surface area contributed by atoms with Crippen molar-refractivity contribution in [2.45, 2.75) is 65.4 Å². The maximum Gasteiger partial charge on any atom is 0.329 e. The largest absolute Gasteiger partial charge is 0.494 e. The summed E-state index contributed by atoms with van der Waals surface area (Å²) in [5.41, 5.74) is 1.70. The van der Waals surface area contributed by atoms with Gasteiger partial charge in [0.15, 0.2) is 0 Å². The molecule has 1 atom stereocenters. The van der Waals surface area contributed by atoms with Gasteiger partial charge in [-0.05, 0) is 88.9 Å². The second-order valence-electron chi connectivity index (χ2n) is 10.6. The number of esters is 1. The number of hydrogen-bond acceptors (Lipinski definition) is 12. The predicted octanol–water partition coefficient (Wildman–Crippen LogP) is 5.21. The van der Waals surface area contributed by atoms with Crippen molar-refractivity contribution in [3.8, 4) is 5.75 Å². The highest BCUT2D eigenvalue weighted by molar-refractivity contribution is 5.69. The highest BCUT2D eigenvalue weighted by atomic mass is 16.6. The molecule has 3 rings (SSSR count). The molecule has 1 heterocycles. The molecule has 0 saturated carbocycles. The minimum atomic E-state index is -1.01. The molecule has 13 heteroatoms. The summed E-state index contributed by atoms with van der Waals surface area (Å²) in [7, 11) is 0. The lowest BCUT2D eigenvalue weighted by Gasteiger charge is -2.24. The van der Waals surface area contributed by atoms with Crippen molar-refractivity contribution < 1.29 is 29.0 Å². The Balaban J connectivity index is 1.53. The number of nitrogens with zero attached hydrogens (tertiary/aromatic N) is 3. The van der Waals surface area contributed by atoms with E-state index in [4.69, 9.17) is 14.2 Å². The van der Waals surface area contributed by atoms with Crippen molar-refractivity contribution in [3.63, 3.8) is 0 Å². The Morgan fingerprint density at radius 2 is 1.72 bits per heavy atom. The van der Waals surface area contributed by atoms with Crippen LogP contribution in [0.4, 0.5) is 28.8 Å². The minimum Gasteiger partial charge on any atom is -0.494 e. The summed E-state index contributed by atoms with van der Waals surface area (Å²) < 4.78 is 16.0. The van der Waals surface area contributed by atoms with Crippen molar-refractivity contribution in [1.29, 1.82) is 0 Å². The number of aryl methyl sites for hydroxylation is 1. The van der Waals surface area contributed by atoms with Gasteiger partial charge in [-0.15, -0.1) is 0 Å². The summed E-state index contributed by atoms with van der Waals surface area (Å²) in [5.74, 6) is 0.569. The van der Waals surface area contributed by atoms with Crippen LogP contribution in [0.25, 0.3) is 0 Å². The molecular formula is C30H40N6O7. The average Bonchev–Trinajstić information content (AvgIpc) is 2.94. The highest BCUT2D eigenvalue weighted by Crippen LogP contribution is 2.28. The van der Waals surface area contributed by atoms with Crippen LogP contribution < -0.4 is 20.7 Å². The van der Waals surface area contributed by atoms with Crippen molar-refractivity contribution >= 4 is 34.8 Å². The van der Waals surface area contributed by atoms with Gasteiger partial charge in [0, 0.05) is 24.3 Å². The first kappa shape index (κ1) is 33.2. The number of anilines is 4. The van der Waals surface area contributed by atoms with E-state index in [0.29, 0.717) is 37.6 Å². The molecule has 43 heavy (non-hydrogen) atoms. The van der Waals surface area contributed by atoms with Crippen molar-refractivity contribution in [2.24, 2.45) is 0 Å². The Morgan fingerprint density at radius 3 is 2.37 bits per heavy atom. The van der Waals surface area contributed by atoms with Crippen LogP contribution in [-0.2, 0) is 20.7 Å². The molecule has 0 aliphatic carbocycles. The molecule has 0 spiro atoms. The fourth-order valence-electron chi connectivity index (χ4n) is 3.85. The summed E-state index contributed by atoms with van der Waals surface area (Å²) in [4.78, 5) is 30.9. The zero-order valence-corrected chi connectivity index (χ0v) is 25.0. The third kappa shape index (κ3) is 12.2. The summed E-state index contributed by atoms with van der Waals surface area (Å²) in [6.45, 7) is 8.69. The van der Waals surface area contributed by atoms with Gasteiger partial charge in [-0.1, -0.05) is 12.1 Å². The fraction of sp³-hybridized carbons (Fsp3) is 0.433. The van der Waals surface area contributed by atoms with E-state index >= 15 is 0 Å². The van der Waals surface area contributed by atoms with Gasteiger partial charge in [0.25, 0.3) is 0 Å². The van der Waals surface area contributed by atoms with Crippen LogP contribution in [0.2, 0.25) is 0 Å². The number of aromatic nitrogens is 2. The molecule has 3 aromatic rings.